The van der Waals surface area contributed by atoms with Crippen LogP contribution >= 0.6 is 0 Å². The topological polar surface area (TPSA) is 68.1 Å². The molecule has 1 aromatic heterocycles. The quantitative estimate of drug-likeness (QED) is 0.352. The minimum Gasteiger partial charge on any atom is -0.711 e. The Balaban J connectivity index is 2.31. The van der Waals surface area contributed by atoms with Crippen molar-refractivity contribution in [3.63, 3.8) is 0 Å². The van der Waals surface area contributed by atoms with Gasteiger partial charge in [-0.25, -0.2) is 4.73 Å². The maximum Gasteiger partial charge on any atom is 0.277 e. The molecule has 0 aliphatic carbocycles. The standard InChI is InChI=1S/C14H21N3O2/c1-11(2)4-5-14(18)16-8-7-15-13-10-12(3)6-9-17(13)19/h4-6,9-11,15H,7-8H2,1-3H3,(H,16,18)/b5-4+. The Bertz CT molecular complexity index is 456. The molecule has 0 atom stereocenters. The van der Waals surface area contributed by atoms with Crippen molar-refractivity contribution in [1.29, 1.82) is 0 Å². The maximum absolute atomic E-state index is 11.4. The predicted octanol–water partition coefficient (Wildman–Crippen LogP) is 1.37. The number of carbonyl (C=O) groups excluding carboxylic acids is 1. The molecule has 1 aromatic rings. The van der Waals surface area contributed by atoms with Crippen molar-refractivity contribution in [2.45, 2.75) is 20.8 Å². The van der Waals surface area contributed by atoms with Gasteiger partial charge in [0.1, 0.15) is 6.54 Å². The van der Waals surface area contributed by atoms with Crippen LogP contribution in [0.15, 0.2) is 30.5 Å². The number of carbonyl (C=O) groups is 1. The highest BCUT2D eigenvalue weighted by atomic mass is 16.5. The largest absolute Gasteiger partial charge is 0.711 e. The lowest BCUT2D eigenvalue weighted by Gasteiger charge is -2.09. The Hall–Kier alpha value is -2.04. The summed E-state index contributed by atoms with van der Waals surface area (Å²) >= 11 is 0. The molecule has 0 fully saturated rings. The third kappa shape index (κ3) is 5.90. The lowest BCUT2D eigenvalue weighted by Crippen LogP contribution is -2.33. The number of allylic oxidation sites excluding steroid dienone is 1. The second-order valence-corrected chi connectivity index (χ2v) is 4.74. The summed E-state index contributed by atoms with van der Waals surface area (Å²) in [5, 5.41) is 17.2. The summed E-state index contributed by atoms with van der Waals surface area (Å²) in [6.07, 6.45) is 4.83. The summed E-state index contributed by atoms with van der Waals surface area (Å²) < 4.78 is 0.771. The van der Waals surface area contributed by atoms with Crippen LogP contribution in [0.1, 0.15) is 19.4 Å². The first kappa shape index (κ1) is 15.0. The number of anilines is 1. The molecule has 5 heteroatoms. The van der Waals surface area contributed by atoms with E-state index in [4.69, 9.17) is 0 Å². The number of nitrogens with one attached hydrogen (secondary N) is 2. The summed E-state index contributed by atoms with van der Waals surface area (Å²) in [4.78, 5) is 11.4. The van der Waals surface area contributed by atoms with E-state index in [9.17, 15) is 10.0 Å². The fraction of sp³-hybridized carbons (Fsp3) is 0.429. The van der Waals surface area contributed by atoms with E-state index in [1.807, 2.05) is 26.8 Å². The van der Waals surface area contributed by atoms with Gasteiger partial charge >= 0.3 is 0 Å². The van der Waals surface area contributed by atoms with Crippen molar-refractivity contribution in [3.05, 3.63) is 41.3 Å². The second-order valence-electron chi connectivity index (χ2n) is 4.74. The number of rotatable bonds is 6. The molecule has 0 saturated heterocycles. The third-order valence-electron chi connectivity index (χ3n) is 2.44. The Morgan fingerprint density at radius 1 is 1.47 bits per heavy atom. The number of aryl methyl sites for hydroxylation is 1. The van der Waals surface area contributed by atoms with E-state index in [1.54, 1.807) is 12.1 Å². The van der Waals surface area contributed by atoms with Gasteiger partial charge < -0.3 is 10.5 Å². The molecule has 1 rings (SSSR count). The van der Waals surface area contributed by atoms with Gasteiger partial charge in [-0.3, -0.25) is 10.1 Å². The van der Waals surface area contributed by atoms with Gasteiger partial charge in [0.05, 0.1) is 12.7 Å². The average molecular weight is 263 g/mol. The molecule has 0 aromatic carbocycles. The molecule has 1 heterocycles. The van der Waals surface area contributed by atoms with Crippen molar-refractivity contribution in [1.82, 2.24) is 5.32 Å². The number of hydrogen-bond donors (Lipinski definition) is 2. The van der Waals surface area contributed by atoms with Crippen LogP contribution in [0.2, 0.25) is 0 Å². The van der Waals surface area contributed by atoms with Gasteiger partial charge in [-0.15, -0.1) is 0 Å². The van der Waals surface area contributed by atoms with E-state index < -0.39 is 0 Å². The van der Waals surface area contributed by atoms with Gasteiger partial charge in [0.25, 0.3) is 5.82 Å². The first-order valence-electron chi connectivity index (χ1n) is 6.39. The zero-order chi connectivity index (χ0) is 14.3. The minimum atomic E-state index is -0.116. The van der Waals surface area contributed by atoms with Crippen LogP contribution < -0.4 is 15.4 Å². The van der Waals surface area contributed by atoms with Crippen LogP contribution in [0.5, 0.6) is 0 Å². The molecular formula is C14H21N3O2. The third-order valence-corrected chi connectivity index (χ3v) is 2.44. The highest BCUT2D eigenvalue weighted by Crippen LogP contribution is 2.02. The Morgan fingerprint density at radius 2 is 2.21 bits per heavy atom. The molecule has 0 saturated carbocycles. The van der Waals surface area contributed by atoms with Crippen molar-refractivity contribution in [3.8, 4) is 0 Å². The summed E-state index contributed by atoms with van der Waals surface area (Å²) in [5.74, 6) is 0.734. The van der Waals surface area contributed by atoms with Gasteiger partial charge in [0, 0.05) is 6.07 Å². The number of hydrogen-bond acceptors (Lipinski definition) is 3. The molecule has 104 valence electrons. The van der Waals surface area contributed by atoms with Crippen LogP contribution in [0, 0.1) is 18.0 Å². The predicted molar refractivity (Wildman–Crippen MR) is 75.6 cm³/mol. The van der Waals surface area contributed by atoms with Crippen molar-refractivity contribution in [2.75, 3.05) is 18.4 Å². The normalized spacial score (nSPS) is 10.9. The van der Waals surface area contributed by atoms with Gasteiger partial charge in [-0.1, -0.05) is 19.9 Å². The van der Waals surface area contributed by atoms with Crippen LogP contribution in [0.3, 0.4) is 0 Å². The average Bonchev–Trinajstić information content (AvgIpc) is 2.36. The number of nitrogens with zero attached hydrogens (tertiary/aromatic N) is 1. The minimum absolute atomic E-state index is 0.116. The van der Waals surface area contributed by atoms with Gasteiger partial charge in [-0.2, -0.15) is 0 Å². The van der Waals surface area contributed by atoms with Crippen molar-refractivity contribution < 1.29 is 9.52 Å². The Morgan fingerprint density at radius 3 is 2.89 bits per heavy atom. The zero-order valence-electron chi connectivity index (χ0n) is 11.6. The number of amides is 1. The van der Waals surface area contributed by atoms with Gasteiger partial charge in [0.2, 0.25) is 5.91 Å². The van der Waals surface area contributed by atoms with Crippen molar-refractivity contribution >= 4 is 11.7 Å². The highest BCUT2D eigenvalue weighted by molar-refractivity contribution is 5.87. The summed E-state index contributed by atoms with van der Waals surface area (Å²) in [7, 11) is 0. The molecule has 1 amide bonds. The zero-order valence-corrected chi connectivity index (χ0v) is 11.6. The molecule has 19 heavy (non-hydrogen) atoms. The van der Waals surface area contributed by atoms with Crippen LogP contribution in [-0.2, 0) is 4.79 Å². The Kier molecular flexibility index (Phi) is 5.85. The Labute approximate surface area is 113 Å². The van der Waals surface area contributed by atoms with E-state index >= 15 is 0 Å². The van der Waals surface area contributed by atoms with Crippen LogP contribution in [0.4, 0.5) is 5.82 Å². The smallest absolute Gasteiger partial charge is 0.277 e. The fourth-order valence-corrected chi connectivity index (χ4v) is 1.44. The van der Waals surface area contributed by atoms with E-state index in [0.29, 0.717) is 24.8 Å². The van der Waals surface area contributed by atoms with E-state index in [2.05, 4.69) is 10.6 Å². The molecule has 0 unspecified atom stereocenters. The molecule has 0 radical (unpaired) electrons. The lowest BCUT2D eigenvalue weighted by atomic mass is 10.2. The van der Waals surface area contributed by atoms with Crippen LogP contribution in [-0.4, -0.2) is 19.0 Å². The monoisotopic (exact) mass is 263 g/mol. The first-order valence-corrected chi connectivity index (χ1v) is 6.39. The SMILES string of the molecule is Cc1cc[n+]([O-])c(NCCNC(=O)/C=C/C(C)C)c1. The summed E-state index contributed by atoms with van der Waals surface area (Å²) in [5.41, 5.74) is 1.01. The molecule has 0 spiro atoms. The summed E-state index contributed by atoms with van der Waals surface area (Å²) in [6.45, 7) is 6.91. The van der Waals surface area contributed by atoms with E-state index in [0.717, 1.165) is 10.3 Å². The van der Waals surface area contributed by atoms with E-state index in [-0.39, 0.29) is 5.91 Å². The molecule has 5 nitrogen and oxygen atoms in total. The number of pyridine rings is 1. The second kappa shape index (κ2) is 7.41. The number of aromatic nitrogens is 1. The maximum atomic E-state index is 11.4. The highest BCUT2D eigenvalue weighted by Gasteiger charge is 2.03. The molecule has 0 aliphatic rings. The fourth-order valence-electron chi connectivity index (χ4n) is 1.44. The molecular weight excluding hydrogens is 242 g/mol. The van der Waals surface area contributed by atoms with E-state index in [1.165, 1.54) is 12.3 Å². The molecule has 0 aliphatic heterocycles. The first-order chi connectivity index (χ1) is 8.99. The molecule has 0 bridgehead atoms. The van der Waals surface area contributed by atoms with Crippen LogP contribution in [0.25, 0.3) is 0 Å². The van der Waals surface area contributed by atoms with Gasteiger partial charge in [0.15, 0.2) is 0 Å². The van der Waals surface area contributed by atoms with Gasteiger partial charge in [-0.05, 0) is 30.5 Å². The lowest BCUT2D eigenvalue weighted by molar-refractivity contribution is -0.590. The van der Waals surface area contributed by atoms with Crippen molar-refractivity contribution in [2.24, 2.45) is 5.92 Å². The molecule has 2 N–H and O–H groups in total. The summed E-state index contributed by atoms with van der Waals surface area (Å²) in [6, 6.07) is 3.52.